The molecule has 0 aromatic heterocycles. The number of carboxylic acids is 2. The van der Waals surface area contributed by atoms with Crippen LogP contribution in [0.1, 0.15) is 20.7 Å². The third kappa shape index (κ3) is 4.87. The van der Waals surface area contributed by atoms with Crippen LogP contribution >= 0.6 is 0 Å². The summed E-state index contributed by atoms with van der Waals surface area (Å²) in [6.07, 6.45) is 0. The van der Waals surface area contributed by atoms with Crippen molar-refractivity contribution in [2.45, 2.75) is 0 Å². The Kier molecular flexibility index (Phi) is 7.13. The molecule has 51 heavy (non-hydrogen) atoms. The third-order valence-corrected chi connectivity index (χ3v) is 9.20. The number of aromatic carboxylic acids is 2. The lowest BCUT2D eigenvalue weighted by Gasteiger charge is -2.22. The topological polar surface area (TPSA) is 165 Å². The molecule has 8 aromatic rings. The fourth-order valence-electron chi connectivity index (χ4n) is 6.98. The van der Waals surface area contributed by atoms with Crippen molar-refractivity contribution in [1.82, 2.24) is 0 Å². The molecule has 0 fully saturated rings. The molecule has 8 aromatic carbocycles. The van der Waals surface area contributed by atoms with Gasteiger partial charge in [-0.3, -0.25) is 0 Å². The lowest BCUT2D eigenvalue weighted by atomic mass is 9.89. The van der Waals surface area contributed by atoms with Crippen molar-refractivity contribution < 1.29 is 45.0 Å². The van der Waals surface area contributed by atoms with Crippen LogP contribution in [-0.2, 0) is 0 Å². The van der Waals surface area contributed by atoms with Gasteiger partial charge in [0, 0.05) is 54.6 Å². The number of carboxylic acid groups (broad SMARTS) is 2. The number of aromatic hydroxyl groups is 4. The van der Waals surface area contributed by atoms with Crippen molar-refractivity contribution in [1.29, 1.82) is 0 Å². The Hall–Kier alpha value is -7.26. The van der Waals surface area contributed by atoms with Crippen LogP contribution in [0.5, 0.6) is 34.5 Å². The van der Waals surface area contributed by atoms with Crippen LogP contribution in [0, 0.1) is 0 Å². The van der Waals surface area contributed by atoms with Gasteiger partial charge in [-0.25, -0.2) is 9.59 Å². The zero-order chi connectivity index (χ0) is 35.6. The van der Waals surface area contributed by atoms with Gasteiger partial charge in [0.25, 0.3) is 0 Å². The number of rotatable bonds is 6. The largest absolute Gasteiger partial charge is 0.507 e. The molecule has 0 amide bonds. The fraction of sp³-hybridized carbons (Fsp3) is 0. The average Bonchev–Trinajstić information content (AvgIpc) is 3.13. The molecule has 0 aliphatic carbocycles. The Morgan fingerprint density at radius 1 is 0.392 bits per heavy atom. The van der Waals surface area contributed by atoms with E-state index in [1.54, 1.807) is 97.1 Å². The fourth-order valence-corrected chi connectivity index (χ4v) is 6.98. The van der Waals surface area contributed by atoms with Crippen LogP contribution in [0.2, 0.25) is 0 Å². The van der Waals surface area contributed by atoms with Gasteiger partial charge in [-0.1, -0.05) is 97.1 Å². The van der Waals surface area contributed by atoms with Crippen LogP contribution in [-0.4, -0.2) is 42.6 Å². The summed E-state index contributed by atoms with van der Waals surface area (Å²) in [6.45, 7) is 0. The van der Waals surface area contributed by atoms with Crippen molar-refractivity contribution in [2.24, 2.45) is 0 Å². The highest BCUT2D eigenvalue weighted by Crippen LogP contribution is 2.52. The van der Waals surface area contributed by atoms with Crippen molar-refractivity contribution in [3.8, 4) is 56.8 Å². The highest BCUT2D eigenvalue weighted by Gasteiger charge is 2.28. The van der Waals surface area contributed by atoms with E-state index in [-0.39, 0.29) is 67.9 Å². The number of fused-ring (bicyclic) bond motifs is 4. The molecule has 0 bridgehead atoms. The Balaban J connectivity index is 1.54. The monoisotopic (exact) mass is 674 g/mol. The van der Waals surface area contributed by atoms with Crippen molar-refractivity contribution in [3.05, 3.63) is 132 Å². The first-order chi connectivity index (χ1) is 24.6. The zero-order valence-electron chi connectivity index (χ0n) is 26.5. The minimum Gasteiger partial charge on any atom is -0.507 e. The van der Waals surface area contributed by atoms with E-state index in [2.05, 4.69) is 0 Å². The molecule has 0 atom stereocenters. The molecule has 0 heterocycles. The molecule has 8 rings (SSSR count). The van der Waals surface area contributed by atoms with Gasteiger partial charge in [0.05, 0.1) is 11.1 Å². The van der Waals surface area contributed by atoms with Crippen LogP contribution in [0.3, 0.4) is 0 Å². The predicted molar refractivity (Wildman–Crippen MR) is 194 cm³/mol. The SMILES string of the molecule is O=C(O)c1cc(O)c2ccccc2c1-c1cc(O)c2ccccc2c1Oc1c(-c2c(C(=O)O)cc(O)c3ccccc23)cc(O)c2ccccc12. The van der Waals surface area contributed by atoms with Gasteiger partial charge in [-0.05, 0) is 35.0 Å². The highest BCUT2D eigenvalue weighted by atomic mass is 16.5. The normalized spacial score (nSPS) is 11.4. The smallest absolute Gasteiger partial charge is 0.336 e. The van der Waals surface area contributed by atoms with E-state index in [0.29, 0.717) is 43.1 Å². The van der Waals surface area contributed by atoms with Gasteiger partial charge in [0.1, 0.15) is 34.5 Å². The maximum absolute atomic E-state index is 12.8. The zero-order valence-corrected chi connectivity index (χ0v) is 26.5. The Morgan fingerprint density at radius 2 is 0.667 bits per heavy atom. The second-order valence-electron chi connectivity index (χ2n) is 12.1. The van der Waals surface area contributed by atoms with E-state index in [9.17, 15) is 40.2 Å². The molecule has 9 nitrogen and oxygen atoms in total. The molecular weight excluding hydrogens is 648 g/mol. The highest BCUT2D eigenvalue weighted by molar-refractivity contribution is 6.15. The molecule has 0 aliphatic heterocycles. The van der Waals surface area contributed by atoms with Gasteiger partial charge in [0.2, 0.25) is 0 Å². The first-order valence-electron chi connectivity index (χ1n) is 15.8. The van der Waals surface area contributed by atoms with E-state index >= 15 is 0 Å². The Bertz CT molecular complexity index is 2590. The quantitative estimate of drug-likeness (QED) is 0.101. The predicted octanol–water partition coefficient (Wildman–Crippen LogP) is 9.64. The molecule has 0 aliphatic rings. The number of ether oxygens (including phenoxy) is 1. The minimum atomic E-state index is -1.33. The van der Waals surface area contributed by atoms with E-state index in [0.717, 1.165) is 12.1 Å². The molecule has 6 N–H and O–H groups in total. The van der Waals surface area contributed by atoms with E-state index in [4.69, 9.17) is 4.74 Å². The van der Waals surface area contributed by atoms with Crippen LogP contribution < -0.4 is 4.74 Å². The lowest BCUT2D eigenvalue weighted by molar-refractivity contribution is 0.0686. The summed E-state index contributed by atoms with van der Waals surface area (Å²) >= 11 is 0. The molecule has 0 radical (unpaired) electrons. The summed E-state index contributed by atoms with van der Waals surface area (Å²) in [5.41, 5.74) is 0.183. The number of benzene rings is 8. The molecule has 0 spiro atoms. The molecule has 9 heteroatoms. The molecule has 248 valence electrons. The molecular formula is C42H26O9. The third-order valence-electron chi connectivity index (χ3n) is 9.20. The van der Waals surface area contributed by atoms with Gasteiger partial charge >= 0.3 is 11.9 Å². The van der Waals surface area contributed by atoms with E-state index < -0.39 is 11.9 Å². The summed E-state index contributed by atoms with van der Waals surface area (Å²) in [4.78, 5) is 25.6. The van der Waals surface area contributed by atoms with Gasteiger partial charge in [0.15, 0.2) is 0 Å². The summed E-state index contributed by atoms with van der Waals surface area (Å²) in [7, 11) is 0. The second-order valence-corrected chi connectivity index (χ2v) is 12.1. The van der Waals surface area contributed by atoms with Gasteiger partial charge < -0.3 is 35.4 Å². The average molecular weight is 675 g/mol. The van der Waals surface area contributed by atoms with E-state index in [1.165, 1.54) is 12.1 Å². The summed E-state index contributed by atoms with van der Waals surface area (Å²) < 4.78 is 6.98. The van der Waals surface area contributed by atoms with Gasteiger partial charge in [-0.15, -0.1) is 0 Å². The Morgan fingerprint density at radius 3 is 1.00 bits per heavy atom. The second kappa shape index (κ2) is 11.7. The van der Waals surface area contributed by atoms with E-state index in [1.807, 2.05) is 0 Å². The maximum Gasteiger partial charge on any atom is 0.336 e. The number of hydrogen-bond acceptors (Lipinski definition) is 7. The van der Waals surface area contributed by atoms with Crippen LogP contribution in [0.25, 0.3) is 65.3 Å². The summed E-state index contributed by atoms with van der Waals surface area (Å²) in [6, 6.07) is 32.3. The molecule has 0 saturated heterocycles. The van der Waals surface area contributed by atoms with Crippen LogP contribution in [0.15, 0.2) is 121 Å². The first-order valence-corrected chi connectivity index (χ1v) is 15.8. The lowest BCUT2D eigenvalue weighted by Crippen LogP contribution is -2.04. The Labute approximate surface area is 288 Å². The summed E-state index contributed by atoms with van der Waals surface area (Å²) in [5, 5.41) is 68.4. The van der Waals surface area contributed by atoms with Gasteiger partial charge in [-0.2, -0.15) is 0 Å². The number of hydrogen-bond donors (Lipinski definition) is 6. The summed E-state index contributed by atoms with van der Waals surface area (Å²) in [5.74, 6) is -3.22. The van der Waals surface area contributed by atoms with Crippen molar-refractivity contribution in [2.75, 3.05) is 0 Å². The van der Waals surface area contributed by atoms with Crippen molar-refractivity contribution in [3.63, 3.8) is 0 Å². The standard InChI is InChI=1S/C42H26O9/c43-33-17-29(37-25-13-5-1-9-21(25)35(45)19-31(37)41(47)48)39(27-15-7-3-11-23(27)33)51-40-28-16-8-4-12-24(28)34(44)18-30(40)38-26-14-6-2-10-22(26)36(46)20-32(38)42(49)50/h1-20,43-46H,(H,47,48)(H,49,50). The maximum atomic E-state index is 12.8. The molecule has 0 saturated carbocycles. The number of phenols is 4. The molecule has 0 unspecified atom stereocenters. The number of carbonyl (C=O) groups is 2. The first kappa shape index (κ1) is 31.0. The van der Waals surface area contributed by atoms with Crippen molar-refractivity contribution >= 4 is 55.0 Å². The number of phenolic OH excluding ortho intramolecular Hbond substituents is 4. The van der Waals surface area contributed by atoms with Crippen LogP contribution in [0.4, 0.5) is 0 Å². The minimum absolute atomic E-state index is 0.124.